The molecule has 0 atom stereocenters. The number of urea groups is 1. The van der Waals surface area contributed by atoms with Crippen molar-refractivity contribution in [3.63, 3.8) is 0 Å². The molecule has 5 heteroatoms. The first-order chi connectivity index (χ1) is 7.70. The number of carbonyl (C=O) groups excluding carboxylic acids is 1. The number of hydrogen-bond acceptors (Lipinski definition) is 3. The van der Waals surface area contributed by atoms with Crippen molar-refractivity contribution in [2.75, 3.05) is 11.6 Å². The van der Waals surface area contributed by atoms with Crippen LogP contribution in [-0.4, -0.2) is 17.6 Å². The summed E-state index contributed by atoms with van der Waals surface area (Å²) in [5, 5.41) is 8.66. The van der Waals surface area contributed by atoms with E-state index in [0.717, 1.165) is 5.69 Å². The average Bonchev–Trinajstić information content (AvgIpc) is 2.78. The minimum Gasteiger partial charge on any atom is -0.351 e. The number of anilines is 1. The molecule has 0 aliphatic carbocycles. The van der Waals surface area contributed by atoms with E-state index in [4.69, 9.17) is 11.0 Å². The summed E-state index contributed by atoms with van der Waals surface area (Å²) in [5.74, 6) is 0. The van der Waals surface area contributed by atoms with E-state index in [1.54, 1.807) is 24.5 Å². The van der Waals surface area contributed by atoms with Crippen molar-refractivity contribution in [1.29, 1.82) is 5.26 Å². The molecule has 16 heavy (non-hydrogen) atoms. The molecule has 1 aromatic rings. The van der Waals surface area contributed by atoms with Gasteiger partial charge in [-0.2, -0.15) is 5.26 Å². The quantitative estimate of drug-likeness (QED) is 0.763. The number of carbonyl (C=O) groups is 1. The lowest BCUT2D eigenvalue weighted by Crippen LogP contribution is -2.34. The van der Waals surface area contributed by atoms with E-state index in [1.165, 1.54) is 4.90 Å². The number of amides is 2. The molecule has 0 saturated carbocycles. The number of benzene rings is 1. The topological polar surface area (TPSA) is 73.4 Å². The lowest BCUT2D eigenvalue weighted by atomic mass is 10.2. The van der Waals surface area contributed by atoms with Crippen LogP contribution in [0.2, 0.25) is 0 Å². The van der Waals surface area contributed by atoms with Crippen LogP contribution < -0.4 is 10.6 Å². The van der Waals surface area contributed by atoms with Crippen LogP contribution in [0.5, 0.6) is 0 Å². The number of primary amides is 1. The van der Waals surface area contributed by atoms with E-state index in [0.29, 0.717) is 12.2 Å². The van der Waals surface area contributed by atoms with Crippen molar-refractivity contribution in [3.8, 4) is 6.07 Å². The monoisotopic (exact) mass is 214 g/mol. The Morgan fingerprint density at radius 2 is 2.00 bits per heavy atom. The Morgan fingerprint density at radius 1 is 1.31 bits per heavy atom. The molecule has 1 aliphatic rings. The molecule has 0 unspecified atom stereocenters. The van der Waals surface area contributed by atoms with Gasteiger partial charge < -0.3 is 10.6 Å². The average molecular weight is 214 g/mol. The molecule has 2 rings (SSSR count). The fourth-order valence-corrected chi connectivity index (χ4v) is 1.46. The third-order valence-corrected chi connectivity index (χ3v) is 2.34. The maximum atomic E-state index is 10.9. The smallest absolute Gasteiger partial charge is 0.320 e. The second-order valence-electron chi connectivity index (χ2n) is 3.38. The van der Waals surface area contributed by atoms with E-state index in [9.17, 15) is 4.79 Å². The molecular formula is C11H10N4O. The second kappa shape index (κ2) is 3.95. The summed E-state index contributed by atoms with van der Waals surface area (Å²) in [6.45, 7) is 0.404. The zero-order chi connectivity index (χ0) is 11.5. The molecule has 0 aromatic heterocycles. The van der Waals surface area contributed by atoms with Gasteiger partial charge in [0.1, 0.15) is 6.67 Å². The van der Waals surface area contributed by atoms with Crippen LogP contribution >= 0.6 is 0 Å². The molecular weight excluding hydrogens is 204 g/mol. The molecule has 80 valence electrons. The van der Waals surface area contributed by atoms with Crippen molar-refractivity contribution in [2.45, 2.75) is 0 Å². The van der Waals surface area contributed by atoms with Crippen molar-refractivity contribution in [3.05, 3.63) is 42.2 Å². The molecule has 0 fully saturated rings. The molecule has 0 radical (unpaired) electrons. The Balaban J connectivity index is 2.13. The predicted molar refractivity (Wildman–Crippen MR) is 59.1 cm³/mol. The summed E-state index contributed by atoms with van der Waals surface area (Å²) in [5.41, 5.74) is 6.68. The minimum atomic E-state index is -0.479. The van der Waals surface area contributed by atoms with Gasteiger partial charge in [-0.3, -0.25) is 4.90 Å². The van der Waals surface area contributed by atoms with E-state index in [-0.39, 0.29) is 0 Å². The number of rotatable bonds is 1. The van der Waals surface area contributed by atoms with Gasteiger partial charge in [-0.15, -0.1) is 0 Å². The van der Waals surface area contributed by atoms with E-state index in [2.05, 4.69) is 6.07 Å². The zero-order valence-electron chi connectivity index (χ0n) is 8.50. The first-order valence-electron chi connectivity index (χ1n) is 4.72. The lowest BCUT2D eigenvalue weighted by molar-refractivity contribution is 0.227. The standard InChI is InChI=1S/C11H10N4O/c12-7-9-1-3-10(4-2-9)14-5-6-15(8-14)11(13)16/h1-6H,8H2,(H2,13,16). The lowest BCUT2D eigenvalue weighted by Gasteiger charge is -2.18. The molecule has 5 nitrogen and oxygen atoms in total. The van der Waals surface area contributed by atoms with Gasteiger partial charge in [-0.1, -0.05) is 0 Å². The van der Waals surface area contributed by atoms with Gasteiger partial charge in [0.05, 0.1) is 11.6 Å². The van der Waals surface area contributed by atoms with Crippen molar-refractivity contribution in [2.24, 2.45) is 5.73 Å². The first-order valence-corrected chi connectivity index (χ1v) is 4.72. The Kier molecular flexibility index (Phi) is 2.48. The van der Waals surface area contributed by atoms with Crippen LogP contribution in [0.1, 0.15) is 5.56 Å². The molecule has 0 saturated heterocycles. The Hall–Kier alpha value is -2.48. The summed E-state index contributed by atoms with van der Waals surface area (Å²) in [4.78, 5) is 14.2. The van der Waals surface area contributed by atoms with Gasteiger partial charge in [-0.05, 0) is 24.3 Å². The Bertz CT molecular complexity index is 472. The molecule has 2 amide bonds. The van der Waals surface area contributed by atoms with Crippen LogP contribution in [-0.2, 0) is 0 Å². The molecule has 2 N–H and O–H groups in total. The number of nitriles is 1. The first kappa shape index (κ1) is 10.1. The highest BCUT2D eigenvalue weighted by Gasteiger charge is 2.16. The van der Waals surface area contributed by atoms with Crippen LogP contribution in [0.4, 0.5) is 10.5 Å². The molecule has 0 bridgehead atoms. The maximum Gasteiger partial charge on any atom is 0.320 e. The summed E-state index contributed by atoms with van der Waals surface area (Å²) < 4.78 is 0. The highest BCUT2D eigenvalue weighted by molar-refractivity contribution is 5.74. The highest BCUT2D eigenvalue weighted by atomic mass is 16.2. The summed E-state index contributed by atoms with van der Waals surface area (Å²) in [6.07, 6.45) is 3.40. The number of nitrogens with two attached hydrogens (primary N) is 1. The third kappa shape index (κ3) is 1.81. The van der Waals surface area contributed by atoms with Gasteiger partial charge in [0, 0.05) is 18.1 Å². The van der Waals surface area contributed by atoms with E-state index >= 15 is 0 Å². The molecule has 1 aliphatic heterocycles. The minimum absolute atomic E-state index is 0.404. The third-order valence-electron chi connectivity index (χ3n) is 2.34. The normalized spacial score (nSPS) is 13.9. The highest BCUT2D eigenvalue weighted by Crippen LogP contribution is 2.19. The summed E-state index contributed by atoms with van der Waals surface area (Å²) in [7, 11) is 0. The zero-order valence-corrected chi connectivity index (χ0v) is 8.50. The van der Waals surface area contributed by atoms with Gasteiger partial charge in [0.2, 0.25) is 0 Å². The van der Waals surface area contributed by atoms with E-state index in [1.807, 2.05) is 17.0 Å². The number of hydrogen-bond donors (Lipinski definition) is 1. The van der Waals surface area contributed by atoms with Crippen LogP contribution in [0.25, 0.3) is 0 Å². The summed E-state index contributed by atoms with van der Waals surface area (Å²) in [6, 6.07) is 8.69. The largest absolute Gasteiger partial charge is 0.351 e. The second-order valence-corrected chi connectivity index (χ2v) is 3.38. The van der Waals surface area contributed by atoms with Gasteiger partial charge in [0.25, 0.3) is 0 Å². The van der Waals surface area contributed by atoms with Gasteiger partial charge in [0.15, 0.2) is 0 Å². The molecule has 0 spiro atoms. The maximum absolute atomic E-state index is 10.9. The Labute approximate surface area is 93.0 Å². The van der Waals surface area contributed by atoms with Crippen LogP contribution in [0, 0.1) is 11.3 Å². The van der Waals surface area contributed by atoms with Gasteiger partial charge >= 0.3 is 6.03 Å². The molecule has 1 heterocycles. The van der Waals surface area contributed by atoms with Gasteiger partial charge in [-0.25, -0.2) is 4.79 Å². The van der Waals surface area contributed by atoms with Crippen LogP contribution in [0.3, 0.4) is 0 Å². The Morgan fingerprint density at radius 3 is 2.50 bits per heavy atom. The predicted octanol–water partition coefficient (Wildman–Crippen LogP) is 1.19. The van der Waals surface area contributed by atoms with Crippen molar-refractivity contribution in [1.82, 2.24) is 4.90 Å². The van der Waals surface area contributed by atoms with Crippen LogP contribution in [0.15, 0.2) is 36.7 Å². The SMILES string of the molecule is N#Cc1ccc(N2C=CN(C(N)=O)C2)cc1. The fourth-order valence-electron chi connectivity index (χ4n) is 1.46. The van der Waals surface area contributed by atoms with E-state index < -0.39 is 6.03 Å². The molecule has 1 aromatic carbocycles. The van der Waals surface area contributed by atoms with Crippen molar-refractivity contribution < 1.29 is 4.79 Å². The van der Waals surface area contributed by atoms with Crippen molar-refractivity contribution >= 4 is 11.7 Å². The fraction of sp³-hybridized carbons (Fsp3) is 0.0909. The number of nitrogens with zero attached hydrogens (tertiary/aromatic N) is 3. The summed E-state index contributed by atoms with van der Waals surface area (Å²) >= 11 is 0.